The SMILES string of the molecule is O=C(OCC[N-]S(=O)(=O)c1cccc(F)c1F)c1cc(I)cc(I)c1I. The highest BCUT2D eigenvalue weighted by molar-refractivity contribution is 14.1. The van der Waals surface area contributed by atoms with E-state index < -0.39 is 39.1 Å². The third-order valence-electron chi connectivity index (χ3n) is 2.99. The molecule has 0 bridgehead atoms. The fourth-order valence-corrected chi connectivity index (χ4v) is 5.24. The van der Waals surface area contributed by atoms with Crippen LogP contribution in [0.3, 0.4) is 0 Å². The maximum atomic E-state index is 13.6. The van der Waals surface area contributed by atoms with Gasteiger partial charge >= 0.3 is 5.97 Å². The fourth-order valence-electron chi connectivity index (χ4n) is 1.83. The zero-order valence-electron chi connectivity index (χ0n) is 12.7. The zero-order valence-corrected chi connectivity index (χ0v) is 20.0. The Morgan fingerprint density at radius 1 is 1.15 bits per heavy atom. The summed E-state index contributed by atoms with van der Waals surface area (Å²) < 4.78 is 61.4. The van der Waals surface area contributed by atoms with E-state index in [1.165, 1.54) is 0 Å². The minimum absolute atomic E-state index is 0.312. The van der Waals surface area contributed by atoms with Crippen molar-refractivity contribution in [3.8, 4) is 0 Å². The third-order valence-corrected chi connectivity index (χ3v) is 8.05. The molecule has 0 aliphatic carbocycles. The van der Waals surface area contributed by atoms with Gasteiger partial charge in [-0.3, -0.25) is 0 Å². The first-order valence-corrected chi connectivity index (χ1v) is 11.5. The van der Waals surface area contributed by atoms with Crippen LogP contribution in [0.25, 0.3) is 4.72 Å². The van der Waals surface area contributed by atoms with Crippen LogP contribution < -0.4 is 0 Å². The van der Waals surface area contributed by atoms with E-state index in [0.717, 1.165) is 28.9 Å². The number of sulfonamides is 1. The van der Waals surface area contributed by atoms with E-state index in [2.05, 4.69) is 49.9 Å². The summed E-state index contributed by atoms with van der Waals surface area (Å²) in [4.78, 5) is 11.3. The molecule has 0 amide bonds. The van der Waals surface area contributed by atoms with Gasteiger partial charge in [-0.2, -0.15) is 0 Å². The van der Waals surface area contributed by atoms with Crippen LogP contribution >= 0.6 is 67.8 Å². The molecule has 0 heterocycles. The van der Waals surface area contributed by atoms with Gasteiger partial charge in [0.2, 0.25) is 0 Å². The molecule has 0 aliphatic rings. The summed E-state index contributed by atoms with van der Waals surface area (Å²) in [6.07, 6.45) is 0. The van der Waals surface area contributed by atoms with Gasteiger partial charge in [-0.25, -0.2) is 22.0 Å². The van der Waals surface area contributed by atoms with Crippen LogP contribution in [0.1, 0.15) is 10.4 Å². The molecule has 0 saturated carbocycles. The molecular formula is C15H9F2I3NO4S-. The van der Waals surface area contributed by atoms with Crippen molar-refractivity contribution in [3.63, 3.8) is 0 Å². The van der Waals surface area contributed by atoms with Crippen LogP contribution in [0.5, 0.6) is 0 Å². The molecule has 5 nitrogen and oxygen atoms in total. The number of halogens is 5. The molecule has 2 aromatic carbocycles. The molecule has 2 rings (SSSR count). The van der Waals surface area contributed by atoms with Crippen molar-refractivity contribution in [3.05, 3.63) is 63.0 Å². The molecule has 0 radical (unpaired) electrons. The summed E-state index contributed by atoms with van der Waals surface area (Å²) in [7, 11) is -4.38. The lowest BCUT2D eigenvalue weighted by atomic mass is 10.2. The lowest BCUT2D eigenvalue weighted by molar-refractivity contribution is 0.0521. The van der Waals surface area contributed by atoms with Crippen molar-refractivity contribution < 1.29 is 26.7 Å². The molecule has 0 fully saturated rings. The lowest BCUT2D eigenvalue weighted by Gasteiger charge is -2.20. The van der Waals surface area contributed by atoms with E-state index in [1.54, 1.807) is 6.07 Å². The Hall–Kier alpha value is -0.130. The summed E-state index contributed by atoms with van der Waals surface area (Å²) in [5, 5.41) is 0. The Kier molecular flexibility index (Phi) is 7.99. The molecule has 11 heteroatoms. The highest BCUT2D eigenvalue weighted by Crippen LogP contribution is 2.24. The molecule has 0 atom stereocenters. The quantitative estimate of drug-likeness (QED) is 0.188. The van der Waals surface area contributed by atoms with Crippen molar-refractivity contribution in [2.45, 2.75) is 4.90 Å². The molecule has 0 saturated heterocycles. The topological polar surface area (TPSA) is 74.5 Å². The van der Waals surface area contributed by atoms with Gasteiger partial charge in [0.05, 0.1) is 17.1 Å². The number of ether oxygens (including phenoxy) is 1. The largest absolute Gasteiger partial charge is 0.542 e. The number of benzene rings is 2. The van der Waals surface area contributed by atoms with Crippen molar-refractivity contribution in [2.75, 3.05) is 13.2 Å². The predicted octanol–water partition coefficient (Wildman–Crippen LogP) is 4.70. The zero-order chi connectivity index (χ0) is 19.5. The summed E-state index contributed by atoms with van der Waals surface area (Å²) in [5.74, 6) is -3.39. The Morgan fingerprint density at radius 3 is 2.54 bits per heavy atom. The maximum Gasteiger partial charge on any atom is 0.339 e. The van der Waals surface area contributed by atoms with Crippen LogP contribution in [0.2, 0.25) is 0 Å². The highest BCUT2D eigenvalue weighted by Gasteiger charge is 2.16. The Labute approximate surface area is 189 Å². The Morgan fingerprint density at radius 2 is 1.85 bits per heavy atom. The van der Waals surface area contributed by atoms with Gasteiger partial charge in [-0.1, -0.05) is 6.07 Å². The minimum Gasteiger partial charge on any atom is -0.542 e. The molecule has 26 heavy (non-hydrogen) atoms. The van der Waals surface area contributed by atoms with Crippen LogP contribution in [-0.2, 0) is 14.8 Å². The van der Waals surface area contributed by atoms with Crippen molar-refractivity contribution >= 4 is 83.8 Å². The van der Waals surface area contributed by atoms with E-state index in [-0.39, 0.29) is 6.61 Å². The summed E-state index contributed by atoms with van der Waals surface area (Å²) in [6.45, 7) is -0.714. The summed E-state index contributed by atoms with van der Waals surface area (Å²) >= 11 is 6.18. The van der Waals surface area contributed by atoms with Crippen LogP contribution in [0.4, 0.5) is 8.78 Å². The first-order valence-electron chi connectivity index (χ1n) is 6.83. The number of hydrogen-bond acceptors (Lipinski definition) is 4. The van der Waals surface area contributed by atoms with Gasteiger partial charge in [0.15, 0.2) is 11.6 Å². The first-order chi connectivity index (χ1) is 12.1. The van der Waals surface area contributed by atoms with Gasteiger partial charge in [0.25, 0.3) is 0 Å². The van der Waals surface area contributed by atoms with Gasteiger partial charge in [-0.15, -0.1) is 6.54 Å². The van der Waals surface area contributed by atoms with Crippen molar-refractivity contribution in [1.82, 2.24) is 0 Å². The first kappa shape index (κ1) is 22.2. The number of hydrogen-bond donors (Lipinski definition) is 0. The molecule has 0 aliphatic heterocycles. The Bertz CT molecular complexity index is 954. The van der Waals surface area contributed by atoms with E-state index in [9.17, 15) is 22.0 Å². The second kappa shape index (κ2) is 9.38. The number of esters is 1. The molecule has 0 N–H and O–H groups in total. The highest BCUT2D eigenvalue weighted by atomic mass is 127. The smallest absolute Gasteiger partial charge is 0.339 e. The molecule has 0 aromatic heterocycles. The molecule has 0 unspecified atom stereocenters. The minimum atomic E-state index is -4.38. The van der Waals surface area contributed by atoms with Gasteiger partial charge < -0.3 is 9.46 Å². The van der Waals surface area contributed by atoms with Crippen LogP contribution in [0, 0.1) is 22.3 Å². The average Bonchev–Trinajstić information content (AvgIpc) is 2.57. The molecule has 140 valence electrons. The monoisotopic (exact) mass is 718 g/mol. The fraction of sp³-hybridized carbons (Fsp3) is 0.133. The molecule has 0 spiro atoms. The maximum absolute atomic E-state index is 13.6. The number of rotatable bonds is 6. The summed E-state index contributed by atoms with van der Waals surface area (Å²) in [5.41, 5.74) is 0.362. The van der Waals surface area contributed by atoms with Gasteiger partial charge in [0.1, 0.15) is 10.0 Å². The lowest BCUT2D eigenvalue weighted by Crippen LogP contribution is -2.13. The third kappa shape index (κ3) is 5.45. The summed E-state index contributed by atoms with van der Waals surface area (Å²) in [6, 6.07) is 6.35. The average molecular weight is 718 g/mol. The van der Waals surface area contributed by atoms with Crippen LogP contribution in [-0.4, -0.2) is 27.5 Å². The number of carbonyl (C=O) groups is 1. The van der Waals surface area contributed by atoms with E-state index in [0.29, 0.717) is 5.56 Å². The number of nitrogens with zero attached hydrogens (tertiary/aromatic N) is 1. The van der Waals surface area contributed by atoms with Gasteiger partial charge in [0, 0.05) is 10.7 Å². The van der Waals surface area contributed by atoms with Crippen LogP contribution in [0.15, 0.2) is 35.2 Å². The molecular weight excluding hydrogens is 709 g/mol. The second-order valence-electron chi connectivity index (χ2n) is 4.76. The Balaban J connectivity index is 1.98. The normalized spacial score (nSPS) is 11.4. The van der Waals surface area contributed by atoms with Gasteiger partial charge in [-0.05, 0) is 92.0 Å². The standard InChI is InChI=1S/C15H9F2I3NO4S/c16-10-2-1-3-12(13(10)17)26(23,24)21-4-5-25-15(22)9-6-8(18)7-11(19)14(9)20/h1-3,6-7H,4-5H2/q-1. The van der Waals surface area contributed by atoms with E-state index >= 15 is 0 Å². The van der Waals surface area contributed by atoms with Crippen molar-refractivity contribution in [2.24, 2.45) is 0 Å². The van der Waals surface area contributed by atoms with E-state index in [1.807, 2.05) is 28.7 Å². The molecule has 2 aromatic rings. The van der Waals surface area contributed by atoms with Crippen molar-refractivity contribution in [1.29, 1.82) is 0 Å². The van der Waals surface area contributed by atoms with E-state index in [4.69, 9.17) is 4.74 Å². The number of carbonyl (C=O) groups excluding carboxylic acids is 1. The predicted molar refractivity (Wildman–Crippen MR) is 117 cm³/mol. The second-order valence-corrected chi connectivity index (χ2v) is 9.90.